The van der Waals surface area contributed by atoms with Crippen LogP contribution in [0.3, 0.4) is 0 Å². The third kappa shape index (κ3) is 3.53. The zero-order chi connectivity index (χ0) is 19.8. The second-order valence-corrected chi connectivity index (χ2v) is 8.56. The predicted octanol–water partition coefficient (Wildman–Crippen LogP) is 5.19. The van der Waals surface area contributed by atoms with Crippen molar-refractivity contribution >= 4 is 33.8 Å². The molecule has 2 aromatic carbocycles. The monoisotopic (exact) mass is 409 g/mol. The second kappa shape index (κ2) is 7.58. The van der Waals surface area contributed by atoms with E-state index < -0.39 is 0 Å². The molecule has 2 aromatic heterocycles. The lowest BCUT2D eigenvalue weighted by Crippen LogP contribution is -2.26. The van der Waals surface area contributed by atoms with Crippen LogP contribution in [0.25, 0.3) is 21.6 Å². The molecular formula is C21H23N5S2. The Kier molecular flexibility index (Phi) is 5.14. The molecule has 0 aliphatic heterocycles. The first-order valence-electron chi connectivity index (χ1n) is 9.20. The highest BCUT2D eigenvalue weighted by Gasteiger charge is 2.18. The molecule has 0 aliphatic rings. The van der Waals surface area contributed by atoms with E-state index in [9.17, 15) is 0 Å². The summed E-state index contributed by atoms with van der Waals surface area (Å²) in [5.41, 5.74) is 3.34. The fraction of sp³-hybridized carbons (Fsp3) is 0.286. The molecule has 5 nitrogen and oxygen atoms in total. The Hall–Kier alpha value is -2.35. The highest BCUT2D eigenvalue weighted by Crippen LogP contribution is 2.29. The molecule has 0 saturated heterocycles. The number of thiazole rings is 1. The fourth-order valence-electron chi connectivity index (χ4n) is 3.21. The summed E-state index contributed by atoms with van der Waals surface area (Å²) >= 11 is 7.39. The maximum atomic E-state index is 5.64. The topological polar surface area (TPSA) is 38.9 Å². The van der Waals surface area contributed by atoms with Gasteiger partial charge in [-0.2, -0.15) is 5.10 Å². The Morgan fingerprint density at radius 2 is 1.96 bits per heavy atom. The summed E-state index contributed by atoms with van der Waals surface area (Å²) < 4.78 is 5.78. The Morgan fingerprint density at radius 1 is 1.18 bits per heavy atom. The number of nitrogens with zero attached hydrogens (tertiary/aromatic N) is 5. The third-order valence-electron chi connectivity index (χ3n) is 5.00. The zero-order valence-electron chi connectivity index (χ0n) is 16.5. The maximum absolute atomic E-state index is 5.64. The number of aromatic nitrogens is 4. The summed E-state index contributed by atoms with van der Waals surface area (Å²) in [5.74, 6) is 0.884. The quantitative estimate of drug-likeness (QED) is 0.425. The number of benzene rings is 2. The van der Waals surface area contributed by atoms with Crippen LogP contribution in [0.2, 0.25) is 0 Å². The van der Waals surface area contributed by atoms with E-state index in [2.05, 4.69) is 62.2 Å². The average Bonchev–Trinajstić information content (AvgIpc) is 3.24. The molecule has 2 heterocycles. The Morgan fingerprint density at radius 3 is 2.71 bits per heavy atom. The fourth-order valence-corrected chi connectivity index (χ4v) is 4.48. The standard InChI is InChI=1S/C21H23N5S2/c1-14-8-7-9-16(12-14)19-23-26(21(27)25(19)4)13-24(3)15(2)20-22-17-10-5-6-11-18(17)28-20/h5-12,15H,13H2,1-4H3/t15-/m0/s1. The SMILES string of the molecule is Cc1cccc(-c2nn(CN(C)[C@@H](C)c3nc4ccccc4s3)c(=S)n2C)c1. The first-order valence-corrected chi connectivity index (χ1v) is 10.4. The molecule has 0 N–H and O–H groups in total. The second-order valence-electron chi connectivity index (χ2n) is 7.13. The van der Waals surface area contributed by atoms with Crippen LogP contribution in [0.5, 0.6) is 0 Å². The summed E-state index contributed by atoms with van der Waals surface area (Å²) in [5, 5.41) is 5.90. The minimum atomic E-state index is 0.170. The van der Waals surface area contributed by atoms with Crippen molar-refractivity contribution in [3.8, 4) is 11.4 Å². The molecule has 0 unspecified atom stereocenters. The van der Waals surface area contributed by atoms with Gasteiger partial charge in [0, 0.05) is 12.6 Å². The molecule has 0 bridgehead atoms. The van der Waals surface area contributed by atoms with Gasteiger partial charge in [0.05, 0.1) is 22.9 Å². The van der Waals surface area contributed by atoms with Crippen molar-refractivity contribution < 1.29 is 0 Å². The van der Waals surface area contributed by atoms with E-state index in [1.807, 2.05) is 28.4 Å². The van der Waals surface area contributed by atoms with Crippen molar-refractivity contribution in [2.75, 3.05) is 7.05 Å². The lowest BCUT2D eigenvalue weighted by Gasteiger charge is -2.22. The van der Waals surface area contributed by atoms with Crippen molar-refractivity contribution in [1.82, 2.24) is 24.2 Å². The van der Waals surface area contributed by atoms with E-state index in [0.717, 1.165) is 21.9 Å². The van der Waals surface area contributed by atoms with E-state index in [1.165, 1.54) is 10.3 Å². The van der Waals surface area contributed by atoms with Crippen LogP contribution in [-0.2, 0) is 13.7 Å². The number of hydrogen-bond acceptors (Lipinski definition) is 5. The summed E-state index contributed by atoms with van der Waals surface area (Å²) in [7, 11) is 4.06. The Balaban J connectivity index is 1.60. The molecule has 4 aromatic rings. The largest absolute Gasteiger partial charge is 0.303 e. The van der Waals surface area contributed by atoms with Crippen molar-refractivity contribution in [3.63, 3.8) is 0 Å². The Labute approximate surface area is 173 Å². The van der Waals surface area contributed by atoms with E-state index >= 15 is 0 Å². The number of para-hydroxylation sites is 1. The molecule has 7 heteroatoms. The number of fused-ring (bicyclic) bond motifs is 1. The van der Waals surface area contributed by atoms with Gasteiger partial charge in [-0.05, 0) is 51.3 Å². The number of aryl methyl sites for hydroxylation is 1. The molecule has 28 heavy (non-hydrogen) atoms. The van der Waals surface area contributed by atoms with Gasteiger partial charge in [0.1, 0.15) is 5.01 Å². The van der Waals surface area contributed by atoms with Crippen LogP contribution in [0, 0.1) is 11.7 Å². The molecule has 144 valence electrons. The minimum Gasteiger partial charge on any atom is -0.303 e. The number of hydrogen-bond donors (Lipinski definition) is 0. The maximum Gasteiger partial charge on any atom is 0.199 e. The molecule has 0 fully saturated rings. The number of rotatable bonds is 5. The van der Waals surface area contributed by atoms with Gasteiger partial charge < -0.3 is 4.57 Å². The van der Waals surface area contributed by atoms with Gasteiger partial charge in [-0.15, -0.1) is 11.3 Å². The lowest BCUT2D eigenvalue weighted by molar-refractivity contribution is 0.194. The molecule has 4 rings (SSSR count). The Bertz CT molecular complexity index is 1150. The highest BCUT2D eigenvalue weighted by atomic mass is 32.1. The smallest absolute Gasteiger partial charge is 0.199 e. The van der Waals surface area contributed by atoms with Gasteiger partial charge >= 0.3 is 0 Å². The van der Waals surface area contributed by atoms with Crippen molar-refractivity contribution in [3.05, 3.63) is 63.9 Å². The van der Waals surface area contributed by atoms with Crippen molar-refractivity contribution in [2.45, 2.75) is 26.6 Å². The molecule has 0 aliphatic carbocycles. The molecule has 0 spiro atoms. The van der Waals surface area contributed by atoms with Crippen molar-refractivity contribution in [1.29, 1.82) is 0 Å². The first-order chi connectivity index (χ1) is 13.4. The molecule has 0 radical (unpaired) electrons. The van der Waals surface area contributed by atoms with Gasteiger partial charge in [0.25, 0.3) is 0 Å². The lowest BCUT2D eigenvalue weighted by atomic mass is 10.1. The van der Waals surface area contributed by atoms with Gasteiger partial charge in [0.2, 0.25) is 0 Å². The first kappa shape index (κ1) is 19.0. The minimum absolute atomic E-state index is 0.170. The summed E-state index contributed by atoms with van der Waals surface area (Å²) in [6.07, 6.45) is 0. The van der Waals surface area contributed by atoms with Crippen LogP contribution in [-0.4, -0.2) is 31.3 Å². The van der Waals surface area contributed by atoms with Crippen LogP contribution < -0.4 is 0 Å². The van der Waals surface area contributed by atoms with Crippen molar-refractivity contribution in [2.24, 2.45) is 7.05 Å². The van der Waals surface area contributed by atoms with E-state index in [4.69, 9.17) is 22.3 Å². The molecule has 0 amide bonds. The van der Waals surface area contributed by atoms with Crippen LogP contribution in [0.4, 0.5) is 0 Å². The zero-order valence-corrected chi connectivity index (χ0v) is 18.1. The predicted molar refractivity (Wildman–Crippen MR) is 118 cm³/mol. The average molecular weight is 410 g/mol. The molecule has 1 atom stereocenters. The van der Waals surface area contributed by atoms with Crippen LogP contribution in [0.15, 0.2) is 48.5 Å². The van der Waals surface area contributed by atoms with E-state index in [0.29, 0.717) is 11.4 Å². The summed E-state index contributed by atoms with van der Waals surface area (Å²) in [6.45, 7) is 4.86. The van der Waals surface area contributed by atoms with Crippen LogP contribution in [0.1, 0.15) is 23.5 Å². The highest BCUT2D eigenvalue weighted by molar-refractivity contribution is 7.71. The molecular weight excluding hydrogens is 386 g/mol. The van der Waals surface area contributed by atoms with Gasteiger partial charge in [0.15, 0.2) is 10.6 Å². The van der Waals surface area contributed by atoms with Gasteiger partial charge in [-0.1, -0.05) is 35.9 Å². The summed E-state index contributed by atoms with van der Waals surface area (Å²) in [4.78, 5) is 7.02. The van der Waals surface area contributed by atoms with Gasteiger partial charge in [-0.3, -0.25) is 4.90 Å². The van der Waals surface area contributed by atoms with Crippen LogP contribution >= 0.6 is 23.6 Å². The van der Waals surface area contributed by atoms with E-state index in [1.54, 1.807) is 11.3 Å². The summed E-state index contributed by atoms with van der Waals surface area (Å²) in [6, 6.07) is 16.8. The normalized spacial score (nSPS) is 12.8. The van der Waals surface area contributed by atoms with Gasteiger partial charge in [-0.25, -0.2) is 9.67 Å². The third-order valence-corrected chi connectivity index (χ3v) is 6.69. The van der Waals surface area contributed by atoms with E-state index in [-0.39, 0.29) is 6.04 Å². The molecule has 0 saturated carbocycles.